The molecule has 0 amide bonds. The average molecular weight is 526 g/mol. The first-order valence-electron chi connectivity index (χ1n) is 8.87. The van der Waals surface area contributed by atoms with E-state index in [4.69, 9.17) is 21.1 Å². The second-order valence-electron chi connectivity index (χ2n) is 6.11. The van der Waals surface area contributed by atoms with Gasteiger partial charge in [0.1, 0.15) is 6.61 Å². The molecule has 3 rings (SSSR count). The molecule has 3 nitrogen and oxygen atoms in total. The van der Waals surface area contributed by atoms with Crippen LogP contribution < -0.4 is 14.8 Å². The van der Waals surface area contributed by atoms with Crippen LogP contribution in [0.2, 0.25) is 5.02 Å². The Kier molecular flexibility index (Phi) is 7.65. The van der Waals surface area contributed by atoms with Crippen LogP contribution in [0.15, 0.2) is 69.6 Å². The van der Waals surface area contributed by atoms with E-state index in [1.54, 1.807) is 0 Å². The molecule has 146 valence electrons. The molecule has 0 atom stereocenters. The van der Waals surface area contributed by atoms with Gasteiger partial charge in [-0.3, -0.25) is 0 Å². The number of anilines is 1. The molecule has 3 aromatic carbocycles. The fourth-order valence-corrected chi connectivity index (χ4v) is 3.29. The normalized spacial score (nSPS) is 10.6. The van der Waals surface area contributed by atoms with Gasteiger partial charge >= 0.3 is 0 Å². The first-order chi connectivity index (χ1) is 13.5. The van der Waals surface area contributed by atoms with Crippen LogP contribution in [0.4, 0.5) is 5.69 Å². The van der Waals surface area contributed by atoms with Crippen LogP contribution in [-0.2, 0) is 13.2 Å². The van der Waals surface area contributed by atoms with Crippen molar-refractivity contribution in [1.82, 2.24) is 0 Å². The minimum Gasteiger partial charge on any atom is -0.490 e. The lowest BCUT2D eigenvalue weighted by Gasteiger charge is -2.14. The fourth-order valence-electron chi connectivity index (χ4n) is 2.60. The number of nitrogens with one attached hydrogen (secondary N) is 1. The van der Waals surface area contributed by atoms with Gasteiger partial charge in [0.25, 0.3) is 0 Å². The maximum Gasteiger partial charge on any atom is 0.161 e. The van der Waals surface area contributed by atoms with Gasteiger partial charge in [0.2, 0.25) is 0 Å². The molecule has 0 bridgehead atoms. The van der Waals surface area contributed by atoms with E-state index in [0.717, 1.165) is 37.3 Å². The summed E-state index contributed by atoms with van der Waals surface area (Å²) in [6.45, 7) is 3.69. The van der Waals surface area contributed by atoms with Gasteiger partial charge in [-0.15, -0.1) is 0 Å². The fraction of sp³-hybridized carbons (Fsp3) is 0.182. The Morgan fingerprint density at radius 1 is 0.857 bits per heavy atom. The maximum absolute atomic E-state index is 6.15. The van der Waals surface area contributed by atoms with Crippen molar-refractivity contribution in [2.24, 2.45) is 0 Å². The zero-order chi connectivity index (χ0) is 19.9. The van der Waals surface area contributed by atoms with E-state index in [-0.39, 0.29) is 0 Å². The molecule has 0 unspecified atom stereocenters. The molecule has 0 heterocycles. The summed E-state index contributed by atoms with van der Waals surface area (Å²) < 4.78 is 13.7. The van der Waals surface area contributed by atoms with E-state index >= 15 is 0 Å². The first kappa shape index (κ1) is 21.0. The molecule has 0 saturated carbocycles. The highest BCUT2D eigenvalue weighted by atomic mass is 79.9. The van der Waals surface area contributed by atoms with Crippen molar-refractivity contribution in [2.45, 2.75) is 20.1 Å². The molecule has 0 saturated heterocycles. The topological polar surface area (TPSA) is 30.5 Å². The van der Waals surface area contributed by atoms with Crippen molar-refractivity contribution in [1.29, 1.82) is 0 Å². The third-order valence-electron chi connectivity index (χ3n) is 4.03. The third kappa shape index (κ3) is 5.90. The lowest BCUT2D eigenvalue weighted by molar-refractivity contribution is 0.269. The second-order valence-corrected chi connectivity index (χ2v) is 8.29. The molecule has 0 radical (unpaired) electrons. The summed E-state index contributed by atoms with van der Waals surface area (Å²) in [6.07, 6.45) is 0. The zero-order valence-electron chi connectivity index (χ0n) is 15.3. The number of rotatable bonds is 8. The molecule has 6 heteroatoms. The van der Waals surface area contributed by atoms with E-state index in [0.29, 0.717) is 24.8 Å². The second kappa shape index (κ2) is 10.2. The summed E-state index contributed by atoms with van der Waals surface area (Å²) in [6, 6.07) is 19.9. The van der Waals surface area contributed by atoms with Crippen LogP contribution in [0.25, 0.3) is 0 Å². The third-order valence-corrected chi connectivity index (χ3v) is 5.79. The lowest BCUT2D eigenvalue weighted by atomic mass is 10.2. The number of halogens is 3. The zero-order valence-corrected chi connectivity index (χ0v) is 19.3. The molecule has 0 fully saturated rings. The molecular weight excluding hydrogens is 506 g/mol. The minimum absolute atomic E-state index is 0.488. The summed E-state index contributed by atoms with van der Waals surface area (Å²) in [5, 5.41) is 4.05. The van der Waals surface area contributed by atoms with Crippen molar-refractivity contribution in [3.05, 3.63) is 85.8 Å². The molecule has 0 aliphatic rings. The Bertz CT molecular complexity index is 932. The van der Waals surface area contributed by atoms with Crippen LogP contribution in [0.3, 0.4) is 0 Å². The van der Waals surface area contributed by atoms with E-state index in [2.05, 4.69) is 37.2 Å². The molecule has 0 aliphatic carbocycles. The van der Waals surface area contributed by atoms with E-state index in [9.17, 15) is 0 Å². The van der Waals surface area contributed by atoms with Crippen molar-refractivity contribution in [3.8, 4) is 11.5 Å². The average Bonchev–Trinajstić information content (AvgIpc) is 2.69. The Balaban J connectivity index is 1.67. The van der Waals surface area contributed by atoms with Crippen LogP contribution in [0, 0.1) is 0 Å². The summed E-state index contributed by atoms with van der Waals surface area (Å²) in [4.78, 5) is 0. The van der Waals surface area contributed by atoms with Crippen molar-refractivity contribution in [2.75, 3.05) is 11.9 Å². The summed E-state index contributed by atoms with van der Waals surface area (Å²) in [7, 11) is 0. The standard InChI is InChI=1S/C22H20Br2ClNO2/c1-2-27-22-11-16(13-26-18-8-9-19(24)20(25)12-18)5-10-21(22)28-14-15-3-6-17(23)7-4-15/h3-12,26H,2,13-14H2,1H3. The molecule has 0 spiro atoms. The first-order valence-corrected chi connectivity index (χ1v) is 10.8. The van der Waals surface area contributed by atoms with Gasteiger partial charge in [0.05, 0.1) is 11.6 Å². The van der Waals surface area contributed by atoms with Crippen molar-refractivity contribution >= 4 is 49.1 Å². The minimum atomic E-state index is 0.488. The number of ether oxygens (including phenoxy) is 2. The van der Waals surface area contributed by atoms with Crippen LogP contribution in [0.5, 0.6) is 11.5 Å². The van der Waals surface area contributed by atoms with Gasteiger partial charge < -0.3 is 14.8 Å². The van der Waals surface area contributed by atoms with Gasteiger partial charge in [0.15, 0.2) is 11.5 Å². The number of hydrogen-bond acceptors (Lipinski definition) is 3. The molecule has 3 aromatic rings. The highest BCUT2D eigenvalue weighted by molar-refractivity contribution is 9.10. The van der Waals surface area contributed by atoms with Crippen molar-refractivity contribution < 1.29 is 9.47 Å². The molecule has 28 heavy (non-hydrogen) atoms. The summed E-state index contributed by atoms with van der Waals surface area (Å²) >= 11 is 13.0. The summed E-state index contributed by atoms with van der Waals surface area (Å²) in [5.74, 6) is 1.48. The number of benzene rings is 3. The monoisotopic (exact) mass is 523 g/mol. The SMILES string of the molecule is CCOc1cc(CNc2ccc(Br)c(Cl)c2)ccc1OCc1ccc(Br)cc1. The van der Waals surface area contributed by atoms with E-state index in [1.807, 2.05) is 67.6 Å². The lowest BCUT2D eigenvalue weighted by Crippen LogP contribution is -2.03. The predicted molar refractivity (Wildman–Crippen MR) is 123 cm³/mol. The largest absolute Gasteiger partial charge is 0.490 e. The Hall–Kier alpha value is -1.69. The van der Waals surface area contributed by atoms with Crippen LogP contribution in [0.1, 0.15) is 18.1 Å². The van der Waals surface area contributed by atoms with Gasteiger partial charge in [-0.25, -0.2) is 0 Å². The molecule has 0 aromatic heterocycles. The molecular formula is C22H20Br2ClNO2. The van der Waals surface area contributed by atoms with Gasteiger partial charge in [-0.05, 0) is 76.4 Å². The van der Waals surface area contributed by atoms with E-state index < -0.39 is 0 Å². The maximum atomic E-state index is 6.15. The Labute approximate surface area is 187 Å². The smallest absolute Gasteiger partial charge is 0.161 e. The summed E-state index contributed by atoms with van der Waals surface area (Å²) in [5.41, 5.74) is 3.16. The van der Waals surface area contributed by atoms with Crippen molar-refractivity contribution in [3.63, 3.8) is 0 Å². The van der Waals surface area contributed by atoms with Gasteiger partial charge in [-0.1, -0.05) is 45.7 Å². The quantitative estimate of drug-likeness (QED) is 0.331. The Morgan fingerprint density at radius 3 is 2.32 bits per heavy atom. The number of hydrogen-bond donors (Lipinski definition) is 1. The molecule has 1 N–H and O–H groups in total. The predicted octanol–water partition coefficient (Wildman–Crippen LogP) is 7.45. The highest BCUT2D eigenvalue weighted by Gasteiger charge is 2.08. The molecule has 0 aliphatic heterocycles. The van der Waals surface area contributed by atoms with Gasteiger partial charge in [-0.2, -0.15) is 0 Å². The van der Waals surface area contributed by atoms with E-state index in [1.165, 1.54) is 0 Å². The highest BCUT2D eigenvalue weighted by Crippen LogP contribution is 2.30. The van der Waals surface area contributed by atoms with Crippen LogP contribution >= 0.6 is 43.5 Å². The van der Waals surface area contributed by atoms with Crippen LogP contribution in [-0.4, -0.2) is 6.61 Å². The van der Waals surface area contributed by atoms with Gasteiger partial charge in [0, 0.05) is 21.2 Å². The Morgan fingerprint density at radius 2 is 1.61 bits per heavy atom.